The van der Waals surface area contributed by atoms with Gasteiger partial charge in [0.25, 0.3) is 0 Å². The fourth-order valence-corrected chi connectivity index (χ4v) is 4.45. The van der Waals surface area contributed by atoms with Crippen LogP contribution in [0.15, 0.2) is 28.7 Å². The van der Waals surface area contributed by atoms with E-state index in [4.69, 9.17) is 4.74 Å². The van der Waals surface area contributed by atoms with Crippen LogP contribution in [0.3, 0.4) is 0 Å². The molecule has 0 aliphatic carbocycles. The van der Waals surface area contributed by atoms with Crippen LogP contribution in [0.1, 0.15) is 18.9 Å². The molecule has 1 aliphatic rings. The highest BCUT2D eigenvalue weighted by Crippen LogP contribution is 2.27. The first-order valence-electron chi connectivity index (χ1n) is 7.30. The number of piperazine rings is 1. The average Bonchev–Trinajstić information content (AvgIpc) is 2.51. The number of hydrogen-bond acceptors (Lipinski definition) is 5. The molecule has 0 amide bonds. The molecule has 1 aliphatic heterocycles. The maximum atomic E-state index is 11.9. The number of benzene rings is 1. The van der Waals surface area contributed by atoms with Crippen LogP contribution in [-0.4, -0.2) is 47.5 Å². The lowest BCUT2D eigenvalue weighted by Crippen LogP contribution is -2.51. The van der Waals surface area contributed by atoms with Gasteiger partial charge in [-0.05, 0) is 27.7 Å². The van der Waals surface area contributed by atoms with Crippen molar-refractivity contribution in [3.8, 4) is 0 Å². The molecular weight excluding hydrogens is 479 g/mol. The number of halogens is 2. The summed E-state index contributed by atoms with van der Waals surface area (Å²) in [6, 6.07) is 8.46. The third kappa shape index (κ3) is 5.36. The SMILES string of the molecule is CCOC(=O)CC1CN(SI)CCN1Cc1ccccc1Br. The van der Waals surface area contributed by atoms with E-state index in [2.05, 4.69) is 64.5 Å². The summed E-state index contributed by atoms with van der Waals surface area (Å²) < 4.78 is 8.56. The van der Waals surface area contributed by atoms with Gasteiger partial charge < -0.3 is 4.74 Å². The molecular formula is C15H20BrIN2O2S. The van der Waals surface area contributed by atoms with Crippen molar-refractivity contribution < 1.29 is 9.53 Å². The molecule has 1 saturated heterocycles. The predicted molar refractivity (Wildman–Crippen MR) is 103 cm³/mol. The summed E-state index contributed by atoms with van der Waals surface area (Å²) >= 11 is 5.91. The van der Waals surface area contributed by atoms with Crippen molar-refractivity contribution in [2.24, 2.45) is 0 Å². The van der Waals surface area contributed by atoms with E-state index in [0.717, 1.165) is 30.7 Å². The molecule has 122 valence electrons. The number of carbonyl (C=O) groups excluding carboxylic acids is 1. The Kier molecular flexibility index (Phi) is 7.96. The topological polar surface area (TPSA) is 32.8 Å². The van der Waals surface area contributed by atoms with Gasteiger partial charge in [0, 0.05) is 57.9 Å². The molecule has 0 radical (unpaired) electrons. The predicted octanol–water partition coefficient (Wildman–Crippen LogP) is 3.89. The van der Waals surface area contributed by atoms with Gasteiger partial charge in [-0.1, -0.05) is 34.1 Å². The summed E-state index contributed by atoms with van der Waals surface area (Å²) in [6.45, 7) is 6.01. The molecule has 1 aromatic carbocycles. The van der Waals surface area contributed by atoms with Crippen LogP contribution >= 0.6 is 46.3 Å². The lowest BCUT2D eigenvalue weighted by molar-refractivity contribution is -0.145. The van der Waals surface area contributed by atoms with Crippen molar-refractivity contribution in [3.05, 3.63) is 34.3 Å². The molecule has 1 atom stereocenters. The third-order valence-electron chi connectivity index (χ3n) is 3.70. The van der Waals surface area contributed by atoms with E-state index in [1.165, 1.54) is 5.56 Å². The summed E-state index contributed by atoms with van der Waals surface area (Å²) in [5, 5.41) is 0. The Bertz CT molecular complexity index is 506. The Hall–Kier alpha value is 0.170. The van der Waals surface area contributed by atoms with Crippen LogP contribution in [0, 0.1) is 0 Å². The Morgan fingerprint density at radius 2 is 2.23 bits per heavy atom. The quantitative estimate of drug-likeness (QED) is 0.337. The van der Waals surface area contributed by atoms with E-state index >= 15 is 0 Å². The second-order valence-corrected chi connectivity index (χ2v) is 7.87. The third-order valence-corrected chi connectivity index (χ3v) is 6.68. The van der Waals surface area contributed by atoms with E-state index in [9.17, 15) is 4.79 Å². The second kappa shape index (κ2) is 9.46. The number of rotatable bonds is 6. The van der Waals surface area contributed by atoms with Crippen LogP contribution in [0.5, 0.6) is 0 Å². The van der Waals surface area contributed by atoms with Gasteiger partial charge in [0.1, 0.15) is 0 Å². The number of ether oxygens (including phenoxy) is 1. The highest BCUT2D eigenvalue weighted by molar-refractivity contribution is 14.2. The molecule has 7 heteroatoms. The van der Waals surface area contributed by atoms with Gasteiger partial charge in [0.05, 0.1) is 13.0 Å². The molecule has 22 heavy (non-hydrogen) atoms. The normalized spacial score (nSPS) is 20.0. The zero-order chi connectivity index (χ0) is 15.9. The van der Waals surface area contributed by atoms with Crippen molar-refractivity contribution in [1.29, 1.82) is 0 Å². The number of hydrogen-bond donors (Lipinski definition) is 0. The van der Waals surface area contributed by atoms with Crippen molar-refractivity contribution in [2.75, 3.05) is 26.2 Å². The monoisotopic (exact) mass is 498 g/mol. The van der Waals surface area contributed by atoms with Crippen LogP contribution in [0.4, 0.5) is 0 Å². The van der Waals surface area contributed by atoms with Gasteiger partial charge in [-0.15, -0.1) is 0 Å². The van der Waals surface area contributed by atoms with Gasteiger partial charge in [-0.25, -0.2) is 4.31 Å². The van der Waals surface area contributed by atoms with E-state index in [-0.39, 0.29) is 12.0 Å². The van der Waals surface area contributed by atoms with Crippen LogP contribution in [-0.2, 0) is 16.1 Å². The molecule has 1 aromatic rings. The fourth-order valence-electron chi connectivity index (χ4n) is 2.59. The van der Waals surface area contributed by atoms with Crippen molar-refractivity contribution in [2.45, 2.75) is 25.9 Å². The Labute approximate surface area is 156 Å². The molecule has 0 aromatic heterocycles. The highest BCUT2D eigenvalue weighted by atomic mass is 127. The summed E-state index contributed by atoms with van der Waals surface area (Å²) in [7, 11) is 1.72. The Morgan fingerprint density at radius 1 is 1.45 bits per heavy atom. The number of nitrogens with zero attached hydrogens (tertiary/aromatic N) is 2. The molecule has 2 rings (SSSR count). The van der Waals surface area contributed by atoms with Crippen molar-refractivity contribution >= 4 is 52.2 Å². The maximum Gasteiger partial charge on any atom is 0.307 e. The van der Waals surface area contributed by atoms with Gasteiger partial charge in [0.2, 0.25) is 0 Å². The first kappa shape index (κ1) is 18.5. The maximum absolute atomic E-state index is 11.9. The largest absolute Gasteiger partial charge is 0.466 e. The molecule has 0 N–H and O–H groups in total. The minimum atomic E-state index is -0.107. The minimum Gasteiger partial charge on any atom is -0.466 e. The summed E-state index contributed by atoms with van der Waals surface area (Å²) in [5.74, 6) is -0.107. The van der Waals surface area contributed by atoms with Crippen molar-refractivity contribution in [3.63, 3.8) is 0 Å². The van der Waals surface area contributed by atoms with Gasteiger partial charge >= 0.3 is 5.97 Å². The van der Waals surface area contributed by atoms with Gasteiger partial charge in [-0.3, -0.25) is 9.69 Å². The highest BCUT2D eigenvalue weighted by Gasteiger charge is 2.29. The summed E-state index contributed by atoms with van der Waals surface area (Å²) in [5.41, 5.74) is 1.26. The average molecular weight is 499 g/mol. The second-order valence-electron chi connectivity index (χ2n) is 5.18. The van der Waals surface area contributed by atoms with E-state index in [0.29, 0.717) is 13.0 Å². The van der Waals surface area contributed by atoms with Crippen molar-refractivity contribution in [1.82, 2.24) is 9.21 Å². The fraction of sp³-hybridized carbons (Fsp3) is 0.533. The molecule has 1 heterocycles. The smallest absolute Gasteiger partial charge is 0.307 e. The van der Waals surface area contributed by atoms with E-state index < -0.39 is 0 Å². The van der Waals surface area contributed by atoms with Gasteiger partial charge in [0.15, 0.2) is 0 Å². The first-order valence-corrected chi connectivity index (χ1v) is 11.4. The Morgan fingerprint density at radius 3 is 2.91 bits per heavy atom. The molecule has 4 nitrogen and oxygen atoms in total. The molecule has 0 spiro atoms. The minimum absolute atomic E-state index is 0.107. The summed E-state index contributed by atoms with van der Waals surface area (Å²) in [4.78, 5) is 14.3. The number of carbonyl (C=O) groups is 1. The standard InChI is InChI=1S/C15H20BrIN2O2S/c1-2-21-15(20)9-13-11-19(22-17)8-7-18(13)10-12-5-3-4-6-14(12)16/h3-6,13H,2,7-11H2,1H3. The Balaban J connectivity index is 2.05. The first-order chi connectivity index (χ1) is 10.6. The van der Waals surface area contributed by atoms with Gasteiger partial charge in [-0.2, -0.15) is 0 Å². The molecule has 1 fully saturated rings. The van der Waals surface area contributed by atoms with E-state index in [1.54, 1.807) is 9.12 Å². The van der Waals surface area contributed by atoms with E-state index in [1.807, 2.05) is 13.0 Å². The van der Waals surface area contributed by atoms with Crippen LogP contribution in [0.25, 0.3) is 0 Å². The zero-order valence-electron chi connectivity index (χ0n) is 12.5. The van der Waals surface area contributed by atoms with Crippen LogP contribution < -0.4 is 0 Å². The lowest BCUT2D eigenvalue weighted by atomic mass is 10.1. The van der Waals surface area contributed by atoms with Crippen LogP contribution in [0.2, 0.25) is 0 Å². The summed E-state index contributed by atoms with van der Waals surface area (Å²) in [6.07, 6.45) is 0.450. The number of esters is 1. The zero-order valence-corrected chi connectivity index (χ0v) is 17.1. The molecule has 0 saturated carbocycles. The molecule has 1 unspecified atom stereocenters. The lowest BCUT2D eigenvalue weighted by Gasteiger charge is -2.39. The molecule has 0 bridgehead atoms.